The van der Waals surface area contributed by atoms with Gasteiger partial charge in [0, 0.05) is 45.2 Å². The summed E-state index contributed by atoms with van der Waals surface area (Å²) in [6.07, 6.45) is 0.300. The molecular formula is C24H32FN5O5. The maximum atomic E-state index is 15.4. The number of aromatic nitrogens is 2. The number of nitrogens with zero attached hydrogens (tertiary/aromatic N) is 4. The Kier molecular flexibility index (Phi) is 6.48. The number of fused-ring (bicyclic) bond motifs is 1. The Balaban J connectivity index is 1.58. The summed E-state index contributed by atoms with van der Waals surface area (Å²) in [5.41, 5.74) is 0.173. The zero-order valence-corrected chi connectivity index (χ0v) is 20.8. The first kappa shape index (κ1) is 24.9. The summed E-state index contributed by atoms with van der Waals surface area (Å²) in [4.78, 5) is 53.0. The van der Waals surface area contributed by atoms with Crippen molar-refractivity contribution in [3.8, 4) is 0 Å². The van der Waals surface area contributed by atoms with Crippen LogP contribution in [-0.2, 0) is 26.2 Å². The second kappa shape index (κ2) is 9.10. The summed E-state index contributed by atoms with van der Waals surface area (Å²) in [6.45, 7) is 9.19. The summed E-state index contributed by atoms with van der Waals surface area (Å²) in [5.74, 6) is -1.74. The first-order valence-electron chi connectivity index (χ1n) is 11.8. The lowest BCUT2D eigenvalue weighted by molar-refractivity contribution is -0.156. The molecular weight excluding hydrogens is 457 g/mol. The molecule has 1 aromatic carbocycles. The second-order valence-corrected chi connectivity index (χ2v) is 10.3. The van der Waals surface area contributed by atoms with Crippen molar-refractivity contribution in [2.45, 2.75) is 58.2 Å². The highest BCUT2D eigenvalue weighted by Gasteiger charge is 2.33. The third kappa shape index (κ3) is 4.95. The molecule has 1 aromatic heterocycles. The summed E-state index contributed by atoms with van der Waals surface area (Å²) < 4.78 is 23.5. The van der Waals surface area contributed by atoms with Crippen LogP contribution in [-0.4, -0.2) is 69.6 Å². The molecule has 3 heterocycles. The van der Waals surface area contributed by atoms with E-state index in [4.69, 9.17) is 4.74 Å². The van der Waals surface area contributed by atoms with Gasteiger partial charge in [-0.05, 0) is 40.2 Å². The molecule has 2 atom stereocenters. The van der Waals surface area contributed by atoms with Gasteiger partial charge in [-0.15, -0.1) is 0 Å². The maximum Gasteiger partial charge on any atom is 0.329 e. The normalized spacial score (nSPS) is 21.9. The van der Waals surface area contributed by atoms with E-state index in [0.29, 0.717) is 36.4 Å². The average Bonchev–Trinajstić information content (AvgIpc) is 2.96. The third-order valence-electron chi connectivity index (χ3n) is 6.47. The summed E-state index contributed by atoms with van der Waals surface area (Å²) in [7, 11) is 1.58. The minimum atomic E-state index is -0.871. The number of piperazine rings is 1. The van der Waals surface area contributed by atoms with Crippen LogP contribution in [0.15, 0.2) is 16.9 Å². The van der Waals surface area contributed by atoms with E-state index in [1.165, 1.54) is 15.2 Å². The molecule has 2 fully saturated rings. The zero-order chi connectivity index (χ0) is 25.7. The Morgan fingerprint density at radius 3 is 2.51 bits per heavy atom. The second-order valence-electron chi connectivity index (χ2n) is 10.3. The molecule has 2 aliphatic rings. The third-order valence-corrected chi connectivity index (χ3v) is 6.47. The molecule has 0 spiro atoms. The minimum absolute atomic E-state index is 0.0904. The lowest BCUT2D eigenvalue weighted by Crippen LogP contribution is -2.53. The largest absolute Gasteiger partial charge is 0.459 e. The van der Waals surface area contributed by atoms with Crippen molar-refractivity contribution in [3.63, 3.8) is 0 Å². The molecule has 1 unspecified atom stereocenters. The highest BCUT2D eigenvalue weighted by atomic mass is 19.1. The van der Waals surface area contributed by atoms with Gasteiger partial charge in [0.2, 0.25) is 11.8 Å². The average molecular weight is 490 g/mol. The van der Waals surface area contributed by atoms with Gasteiger partial charge in [-0.2, -0.15) is 0 Å². The number of aryl methyl sites for hydroxylation is 1. The fourth-order valence-corrected chi connectivity index (χ4v) is 4.91. The van der Waals surface area contributed by atoms with Crippen molar-refractivity contribution in [2.75, 3.05) is 31.1 Å². The molecule has 11 heteroatoms. The van der Waals surface area contributed by atoms with Crippen LogP contribution in [0.25, 0.3) is 11.0 Å². The lowest BCUT2D eigenvalue weighted by atomic mass is 10.1. The van der Waals surface area contributed by atoms with Gasteiger partial charge < -0.3 is 9.64 Å². The Labute approximate surface area is 202 Å². The van der Waals surface area contributed by atoms with Gasteiger partial charge in [-0.1, -0.05) is 0 Å². The number of rotatable bonds is 4. The molecule has 2 saturated heterocycles. The molecule has 2 aliphatic heterocycles. The fourth-order valence-electron chi connectivity index (χ4n) is 4.91. The number of piperidine rings is 1. The van der Waals surface area contributed by atoms with E-state index in [-0.39, 0.29) is 37.3 Å². The number of hydrogen-bond acceptors (Lipinski definition) is 7. The Bertz CT molecular complexity index is 1240. The zero-order valence-electron chi connectivity index (χ0n) is 20.8. The Hall–Kier alpha value is -3.21. The van der Waals surface area contributed by atoms with Gasteiger partial charge >= 0.3 is 11.7 Å². The molecule has 4 rings (SSSR count). The van der Waals surface area contributed by atoms with Crippen LogP contribution in [0.5, 0.6) is 0 Å². The standard InChI is InChI=1S/C24H32FN5O5/c1-14-12-28(13-21(32)35-24(2,3)4)8-9-29(14)17-11-18-19(10-15(17)25)30(23(34)27(18)5)16-6-7-20(31)26-22(16)33/h10-11,14,16H,6-9,12-13H2,1-5H3,(H,26,31,33)/t14-,16?/m1/s1. The first-order chi connectivity index (χ1) is 16.4. The molecule has 0 bridgehead atoms. The number of carbonyl (C=O) groups is 3. The topological polar surface area (TPSA) is 106 Å². The van der Waals surface area contributed by atoms with E-state index in [1.807, 2.05) is 37.5 Å². The van der Waals surface area contributed by atoms with E-state index in [2.05, 4.69) is 5.32 Å². The summed E-state index contributed by atoms with van der Waals surface area (Å²) in [5, 5.41) is 2.26. The first-order valence-corrected chi connectivity index (χ1v) is 11.8. The minimum Gasteiger partial charge on any atom is -0.459 e. The highest BCUT2D eigenvalue weighted by Crippen LogP contribution is 2.31. The number of amides is 2. The van der Waals surface area contributed by atoms with Crippen LogP contribution in [0, 0.1) is 5.82 Å². The number of imidazole rings is 1. The van der Waals surface area contributed by atoms with Gasteiger partial charge in [-0.25, -0.2) is 9.18 Å². The van der Waals surface area contributed by atoms with Crippen molar-refractivity contribution < 1.29 is 23.5 Å². The molecule has 190 valence electrons. The maximum absolute atomic E-state index is 15.4. The molecule has 35 heavy (non-hydrogen) atoms. The molecule has 2 aromatic rings. The molecule has 0 radical (unpaired) electrons. The number of halogens is 1. The number of nitrogens with one attached hydrogen (secondary N) is 1. The summed E-state index contributed by atoms with van der Waals surface area (Å²) >= 11 is 0. The van der Waals surface area contributed by atoms with Crippen LogP contribution in [0.2, 0.25) is 0 Å². The van der Waals surface area contributed by atoms with Gasteiger partial charge in [0.25, 0.3) is 0 Å². The monoisotopic (exact) mass is 489 g/mol. The van der Waals surface area contributed by atoms with Gasteiger partial charge in [0.15, 0.2) is 0 Å². The van der Waals surface area contributed by atoms with Crippen LogP contribution in [0.1, 0.15) is 46.6 Å². The molecule has 0 aliphatic carbocycles. The lowest BCUT2D eigenvalue weighted by Gasteiger charge is -2.41. The molecule has 0 saturated carbocycles. The smallest absolute Gasteiger partial charge is 0.329 e. The summed E-state index contributed by atoms with van der Waals surface area (Å²) in [6, 6.07) is 1.96. The van der Waals surface area contributed by atoms with E-state index in [0.717, 1.165) is 0 Å². The predicted octanol–water partition coefficient (Wildman–Crippen LogP) is 1.31. The predicted molar refractivity (Wildman–Crippen MR) is 128 cm³/mol. The number of carbonyl (C=O) groups excluding carboxylic acids is 3. The van der Waals surface area contributed by atoms with Crippen LogP contribution >= 0.6 is 0 Å². The van der Waals surface area contributed by atoms with Gasteiger partial charge in [0.1, 0.15) is 17.5 Å². The number of benzene rings is 1. The van der Waals surface area contributed by atoms with Crippen LogP contribution in [0.4, 0.5) is 10.1 Å². The van der Waals surface area contributed by atoms with Crippen molar-refractivity contribution in [2.24, 2.45) is 7.05 Å². The Morgan fingerprint density at radius 2 is 1.89 bits per heavy atom. The van der Waals surface area contributed by atoms with E-state index < -0.39 is 29.1 Å². The number of hydrogen-bond donors (Lipinski definition) is 1. The number of ether oxygens (including phenoxy) is 1. The SMILES string of the molecule is C[C@@H]1CN(CC(=O)OC(C)(C)C)CCN1c1cc2c(cc1F)n(C1CCC(=O)NC1=O)c(=O)n2C. The van der Waals surface area contributed by atoms with Crippen molar-refractivity contribution in [1.82, 2.24) is 19.4 Å². The van der Waals surface area contributed by atoms with Crippen molar-refractivity contribution >= 4 is 34.5 Å². The van der Waals surface area contributed by atoms with Crippen molar-refractivity contribution in [1.29, 1.82) is 0 Å². The van der Waals surface area contributed by atoms with Gasteiger partial charge in [-0.3, -0.25) is 33.7 Å². The van der Waals surface area contributed by atoms with E-state index in [1.54, 1.807) is 13.1 Å². The molecule has 10 nitrogen and oxygen atoms in total. The number of anilines is 1. The number of esters is 1. The van der Waals surface area contributed by atoms with Crippen LogP contribution in [0.3, 0.4) is 0 Å². The van der Waals surface area contributed by atoms with Gasteiger partial charge in [0.05, 0.1) is 23.3 Å². The molecule has 1 N–H and O–H groups in total. The Morgan fingerprint density at radius 1 is 1.17 bits per heavy atom. The fraction of sp³-hybridized carbons (Fsp3) is 0.583. The quantitative estimate of drug-likeness (QED) is 0.510. The van der Waals surface area contributed by atoms with E-state index in [9.17, 15) is 19.2 Å². The van der Waals surface area contributed by atoms with Crippen LogP contribution < -0.4 is 15.9 Å². The van der Waals surface area contributed by atoms with Crippen molar-refractivity contribution in [3.05, 3.63) is 28.4 Å². The molecule has 2 amide bonds. The van der Waals surface area contributed by atoms with E-state index >= 15 is 4.39 Å². The highest BCUT2D eigenvalue weighted by molar-refractivity contribution is 6.00. The number of imide groups is 1.